The average Bonchev–Trinajstić information content (AvgIpc) is 2.53. The number of pyridine rings is 1. The fourth-order valence-corrected chi connectivity index (χ4v) is 1.73. The summed E-state index contributed by atoms with van der Waals surface area (Å²) in [5.74, 6) is -0.439. The maximum absolute atomic E-state index is 11.5. The average molecular weight is 302 g/mol. The van der Waals surface area contributed by atoms with E-state index in [1.807, 2.05) is 0 Å². The summed E-state index contributed by atoms with van der Waals surface area (Å²) >= 11 is 0. The molecule has 0 saturated heterocycles. The molecule has 1 aromatic heterocycles. The number of rotatable bonds is 5. The molecule has 0 aliphatic heterocycles. The fourth-order valence-electron chi connectivity index (χ4n) is 1.73. The number of carbonyl (C=O) groups excluding carboxylic acids is 1. The molecule has 2 rings (SSSR count). The fraction of sp³-hybridized carbons (Fsp3) is 0.133. The lowest BCUT2D eigenvalue weighted by Crippen LogP contribution is -2.18. The molecule has 1 aromatic carbocycles. The summed E-state index contributed by atoms with van der Waals surface area (Å²) in [7, 11) is 2.93. The highest BCUT2D eigenvalue weighted by Gasteiger charge is 2.11. The van der Waals surface area contributed by atoms with Gasteiger partial charge in [0.2, 0.25) is 0 Å². The first kappa shape index (κ1) is 15.3. The Morgan fingerprint density at radius 1 is 1.14 bits per heavy atom. The highest BCUT2D eigenvalue weighted by Crippen LogP contribution is 2.27. The van der Waals surface area contributed by atoms with Crippen LogP contribution in [-0.4, -0.2) is 36.1 Å². The minimum absolute atomic E-state index is 0.0370. The molecule has 1 amide bonds. The van der Waals surface area contributed by atoms with Gasteiger partial charge in [0.05, 0.1) is 12.7 Å². The molecule has 0 saturated carbocycles. The molecule has 7 nitrogen and oxygen atoms in total. The first-order chi connectivity index (χ1) is 10.5. The lowest BCUT2D eigenvalue weighted by Gasteiger charge is -2.09. The lowest BCUT2D eigenvalue weighted by molar-refractivity contribution is 0.0696. The third-order valence-electron chi connectivity index (χ3n) is 2.79. The second-order valence-corrected chi connectivity index (χ2v) is 4.26. The van der Waals surface area contributed by atoms with Gasteiger partial charge in [-0.2, -0.15) is 0 Å². The van der Waals surface area contributed by atoms with Gasteiger partial charge in [0.1, 0.15) is 22.9 Å². The van der Waals surface area contributed by atoms with Gasteiger partial charge < -0.3 is 19.9 Å². The standard InChI is InChI=1S/C15H14N2O5/c1-16-14(18)13-8-10(3-4-17-13)22-12-6-9(15(19)20)5-11(7-12)21-2/h3-8H,1-2H3,(H,16,18)(H,19,20). The van der Waals surface area contributed by atoms with Gasteiger partial charge in [0.15, 0.2) is 0 Å². The number of methoxy groups -OCH3 is 1. The van der Waals surface area contributed by atoms with Crippen molar-refractivity contribution < 1.29 is 24.2 Å². The van der Waals surface area contributed by atoms with Crippen LogP contribution >= 0.6 is 0 Å². The molecule has 2 aromatic rings. The first-order valence-electron chi connectivity index (χ1n) is 6.32. The molecule has 114 valence electrons. The van der Waals surface area contributed by atoms with E-state index >= 15 is 0 Å². The summed E-state index contributed by atoms with van der Waals surface area (Å²) in [6.07, 6.45) is 1.43. The van der Waals surface area contributed by atoms with Crippen molar-refractivity contribution in [3.8, 4) is 17.2 Å². The molecule has 22 heavy (non-hydrogen) atoms. The normalized spacial score (nSPS) is 9.91. The van der Waals surface area contributed by atoms with Gasteiger partial charge >= 0.3 is 5.97 Å². The smallest absolute Gasteiger partial charge is 0.335 e. The highest BCUT2D eigenvalue weighted by atomic mass is 16.5. The van der Waals surface area contributed by atoms with Crippen LogP contribution in [0.3, 0.4) is 0 Å². The van der Waals surface area contributed by atoms with E-state index in [-0.39, 0.29) is 22.9 Å². The van der Waals surface area contributed by atoms with Crippen molar-refractivity contribution in [2.24, 2.45) is 0 Å². The van der Waals surface area contributed by atoms with Crippen LogP contribution in [-0.2, 0) is 0 Å². The molecule has 1 heterocycles. The number of amides is 1. The minimum Gasteiger partial charge on any atom is -0.497 e. The van der Waals surface area contributed by atoms with Crippen LogP contribution < -0.4 is 14.8 Å². The van der Waals surface area contributed by atoms with Gasteiger partial charge in [-0.05, 0) is 18.2 Å². The SMILES string of the molecule is CNC(=O)c1cc(Oc2cc(OC)cc(C(=O)O)c2)ccn1. The summed E-state index contributed by atoms with van der Waals surface area (Å²) in [5.41, 5.74) is 0.233. The van der Waals surface area contributed by atoms with Crippen molar-refractivity contribution in [1.82, 2.24) is 10.3 Å². The lowest BCUT2D eigenvalue weighted by atomic mass is 10.2. The number of aromatic nitrogens is 1. The molecule has 0 atom stereocenters. The van der Waals surface area contributed by atoms with Gasteiger partial charge in [-0.15, -0.1) is 0 Å². The van der Waals surface area contributed by atoms with E-state index in [9.17, 15) is 9.59 Å². The zero-order valence-corrected chi connectivity index (χ0v) is 12.0. The summed E-state index contributed by atoms with van der Waals surface area (Å²) in [4.78, 5) is 26.5. The Balaban J connectivity index is 2.32. The zero-order chi connectivity index (χ0) is 16.1. The quantitative estimate of drug-likeness (QED) is 0.876. The first-order valence-corrected chi connectivity index (χ1v) is 6.32. The molecule has 0 spiro atoms. The maximum Gasteiger partial charge on any atom is 0.335 e. The van der Waals surface area contributed by atoms with E-state index in [1.165, 1.54) is 38.6 Å². The Morgan fingerprint density at radius 3 is 2.50 bits per heavy atom. The maximum atomic E-state index is 11.5. The summed E-state index contributed by atoms with van der Waals surface area (Å²) < 4.78 is 10.6. The van der Waals surface area contributed by atoms with E-state index in [0.717, 1.165) is 0 Å². The number of carboxylic acid groups (broad SMARTS) is 1. The van der Waals surface area contributed by atoms with Gasteiger partial charge in [0.25, 0.3) is 5.91 Å². The highest BCUT2D eigenvalue weighted by molar-refractivity contribution is 5.92. The molecule has 2 N–H and O–H groups in total. The number of aromatic carboxylic acids is 1. The number of hydrogen-bond donors (Lipinski definition) is 2. The largest absolute Gasteiger partial charge is 0.497 e. The van der Waals surface area contributed by atoms with Crippen LogP contribution in [0.2, 0.25) is 0 Å². The Hall–Kier alpha value is -3.09. The number of carbonyl (C=O) groups is 2. The van der Waals surface area contributed by atoms with Crippen LogP contribution in [0.4, 0.5) is 0 Å². The summed E-state index contributed by atoms with van der Waals surface area (Å²) in [6, 6.07) is 7.32. The Morgan fingerprint density at radius 2 is 1.86 bits per heavy atom. The Kier molecular flexibility index (Phi) is 4.57. The van der Waals surface area contributed by atoms with Crippen molar-refractivity contribution in [2.75, 3.05) is 14.2 Å². The third-order valence-corrected chi connectivity index (χ3v) is 2.79. The number of carboxylic acids is 1. The number of benzene rings is 1. The molecular weight excluding hydrogens is 288 g/mol. The molecular formula is C15H14N2O5. The molecule has 0 radical (unpaired) electrons. The molecule has 0 fully saturated rings. The second kappa shape index (κ2) is 6.57. The number of hydrogen-bond acceptors (Lipinski definition) is 5. The van der Waals surface area contributed by atoms with E-state index in [1.54, 1.807) is 12.1 Å². The van der Waals surface area contributed by atoms with Crippen LogP contribution in [0.5, 0.6) is 17.2 Å². The Labute approximate surface area is 126 Å². The van der Waals surface area contributed by atoms with E-state index in [4.69, 9.17) is 14.6 Å². The van der Waals surface area contributed by atoms with Gasteiger partial charge in [0, 0.05) is 25.4 Å². The second-order valence-electron chi connectivity index (χ2n) is 4.26. The van der Waals surface area contributed by atoms with Gasteiger partial charge in [-0.25, -0.2) is 4.79 Å². The molecule has 0 unspecified atom stereocenters. The van der Waals surface area contributed by atoms with Crippen molar-refractivity contribution in [1.29, 1.82) is 0 Å². The topological polar surface area (TPSA) is 97.8 Å². The predicted octanol–water partition coefficient (Wildman–Crippen LogP) is 1.94. The van der Waals surface area contributed by atoms with Crippen molar-refractivity contribution in [3.63, 3.8) is 0 Å². The number of nitrogens with zero attached hydrogens (tertiary/aromatic N) is 1. The monoisotopic (exact) mass is 302 g/mol. The van der Waals surface area contributed by atoms with Crippen molar-refractivity contribution in [3.05, 3.63) is 47.8 Å². The third kappa shape index (κ3) is 3.51. The van der Waals surface area contributed by atoms with Crippen molar-refractivity contribution >= 4 is 11.9 Å². The minimum atomic E-state index is -1.09. The van der Waals surface area contributed by atoms with Crippen LogP contribution in [0.15, 0.2) is 36.5 Å². The molecule has 0 aliphatic carbocycles. The van der Waals surface area contributed by atoms with E-state index < -0.39 is 5.97 Å². The number of nitrogens with one attached hydrogen (secondary N) is 1. The summed E-state index contributed by atoms with van der Waals surface area (Å²) in [6.45, 7) is 0. The van der Waals surface area contributed by atoms with E-state index in [0.29, 0.717) is 11.5 Å². The van der Waals surface area contributed by atoms with Gasteiger partial charge in [-0.1, -0.05) is 0 Å². The zero-order valence-electron chi connectivity index (χ0n) is 12.0. The van der Waals surface area contributed by atoms with Crippen LogP contribution in [0.25, 0.3) is 0 Å². The molecule has 7 heteroatoms. The Bertz CT molecular complexity index is 715. The summed E-state index contributed by atoms with van der Waals surface area (Å²) in [5, 5.41) is 11.5. The molecule has 0 bridgehead atoms. The van der Waals surface area contributed by atoms with Gasteiger partial charge in [-0.3, -0.25) is 9.78 Å². The van der Waals surface area contributed by atoms with Crippen molar-refractivity contribution in [2.45, 2.75) is 0 Å². The number of ether oxygens (including phenoxy) is 2. The van der Waals surface area contributed by atoms with E-state index in [2.05, 4.69) is 10.3 Å². The van der Waals surface area contributed by atoms with Crippen LogP contribution in [0.1, 0.15) is 20.8 Å². The predicted molar refractivity (Wildman–Crippen MR) is 77.7 cm³/mol. The van der Waals surface area contributed by atoms with Crippen LogP contribution in [0, 0.1) is 0 Å². The molecule has 0 aliphatic rings.